The van der Waals surface area contributed by atoms with Gasteiger partial charge in [-0.1, -0.05) is 0 Å². The van der Waals surface area contributed by atoms with Crippen LogP contribution in [-0.4, -0.2) is 30.8 Å². The molecule has 0 aromatic rings. The zero-order chi connectivity index (χ0) is 8.27. The molecule has 64 valence electrons. The van der Waals surface area contributed by atoms with E-state index in [2.05, 4.69) is 4.74 Å². The first-order valence-corrected chi connectivity index (χ1v) is 4.71. The Labute approximate surface area is 69.5 Å². The molecule has 1 heterocycles. The summed E-state index contributed by atoms with van der Waals surface area (Å²) in [4.78, 5) is 10.9. The van der Waals surface area contributed by atoms with Crippen LogP contribution in [0.4, 0.5) is 4.39 Å². The Kier molecular flexibility index (Phi) is 3.17. The Morgan fingerprint density at radius 2 is 2.45 bits per heavy atom. The van der Waals surface area contributed by atoms with Crippen LogP contribution < -0.4 is 0 Å². The van der Waals surface area contributed by atoms with E-state index in [4.69, 9.17) is 0 Å². The molecule has 0 N–H and O–H groups in total. The molecule has 1 aliphatic rings. The van der Waals surface area contributed by atoms with Gasteiger partial charge in [0.25, 0.3) is 0 Å². The first-order chi connectivity index (χ1) is 5.25. The quantitative estimate of drug-likeness (QED) is 0.565. The molecule has 0 bridgehead atoms. The Morgan fingerprint density at radius 1 is 1.73 bits per heavy atom. The van der Waals surface area contributed by atoms with Gasteiger partial charge in [-0.15, -0.1) is 0 Å². The molecule has 2 atom stereocenters. The van der Waals surface area contributed by atoms with Crippen LogP contribution in [0.1, 0.15) is 6.42 Å². The van der Waals surface area contributed by atoms with Crippen LogP contribution in [0.15, 0.2) is 0 Å². The van der Waals surface area contributed by atoms with Gasteiger partial charge in [-0.3, -0.25) is 4.79 Å². The zero-order valence-electron chi connectivity index (χ0n) is 6.38. The minimum absolute atomic E-state index is 0.405. The molecule has 4 heteroatoms. The highest BCUT2D eigenvalue weighted by atomic mass is 32.2. The van der Waals surface area contributed by atoms with Crippen LogP contribution in [0.3, 0.4) is 0 Å². The number of alkyl halides is 1. The van der Waals surface area contributed by atoms with E-state index in [1.807, 2.05) is 0 Å². The maximum atomic E-state index is 13.0. The summed E-state index contributed by atoms with van der Waals surface area (Å²) in [5.41, 5.74) is 0. The summed E-state index contributed by atoms with van der Waals surface area (Å²) in [6.45, 7) is 0. The summed E-state index contributed by atoms with van der Waals surface area (Å²) in [5.74, 6) is 0.374. The minimum Gasteiger partial charge on any atom is -0.469 e. The number of thioether (sulfide) groups is 1. The van der Waals surface area contributed by atoms with Gasteiger partial charge in [-0.2, -0.15) is 11.8 Å². The van der Waals surface area contributed by atoms with Crippen LogP contribution in [0.5, 0.6) is 0 Å². The van der Waals surface area contributed by atoms with E-state index in [0.717, 1.165) is 5.75 Å². The van der Waals surface area contributed by atoms with Crippen LogP contribution in [0.25, 0.3) is 0 Å². The van der Waals surface area contributed by atoms with E-state index in [0.29, 0.717) is 12.2 Å². The maximum absolute atomic E-state index is 13.0. The summed E-state index contributed by atoms with van der Waals surface area (Å²) in [5, 5.41) is 0. The molecule has 1 fully saturated rings. The van der Waals surface area contributed by atoms with Crippen LogP contribution in [0.2, 0.25) is 0 Å². The number of esters is 1. The molecule has 0 aromatic heterocycles. The van der Waals surface area contributed by atoms with Gasteiger partial charge in [0.05, 0.1) is 13.0 Å². The third-order valence-electron chi connectivity index (χ3n) is 1.79. The predicted octanol–water partition coefficient (Wildman–Crippen LogP) is 1.25. The Bertz CT molecular complexity index is 151. The molecule has 0 radical (unpaired) electrons. The van der Waals surface area contributed by atoms with E-state index in [1.165, 1.54) is 7.11 Å². The zero-order valence-corrected chi connectivity index (χ0v) is 7.20. The number of halogens is 1. The highest BCUT2D eigenvalue weighted by Crippen LogP contribution is 2.26. The fraction of sp³-hybridized carbons (Fsp3) is 0.857. The fourth-order valence-electron chi connectivity index (χ4n) is 1.12. The topological polar surface area (TPSA) is 26.3 Å². The van der Waals surface area contributed by atoms with Crippen LogP contribution >= 0.6 is 11.8 Å². The molecule has 0 amide bonds. The number of carbonyl (C=O) groups is 1. The molecule has 0 spiro atoms. The molecular weight excluding hydrogens is 167 g/mol. The first-order valence-electron chi connectivity index (χ1n) is 3.55. The maximum Gasteiger partial charge on any atom is 0.311 e. The van der Waals surface area contributed by atoms with E-state index >= 15 is 0 Å². The lowest BCUT2D eigenvalue weighted by molar-refractivity contribution is -0.147. The van der Waals surface area contributed by atoms with E-state index in [9.17, 15) is 9.18 Å². The summed E-state index contributed by atoms with van der Waals surface area (Å²) in [6.07, 6.45) is -0.403. The van der Waals surface area contributed by atoms with Gasteiger partial charge in [0, 0.05) is 5.75 Å². The van der Waals surface area contributed by atoms with Crippen molar-refractivity contribution in [3.8, 4) is 0 Å². The van der Waals surface area contributed by atoms with Gasteiger partial charge in [-0.05, 0) is 12.2 Å². The lowest BCUT2D eigenvalue weighted by atomic mass is 10.0. The number of rotatable bonds is 1. The number of methoxy groups -OCH3 is 1. The van der Waals surface area contributed by atoms with Gasteiger partial charge in [0.15, 0.2) is 0 Å². The standard InChI is InChI=1S/C7H11FO2S/c1-10-7(9)5-2-3-11-4-6(5)8/h5-6H,2-4H2,1H3. The second kappa shape index (κ2) is 3.95. The SMILES string of the molecule is COC(=O)C1CCSCC1F. The highest BCUT2D eigenvalue weighted by molar-refractivity contribution is 7.99. The van der Waals surface area contributed by atoms with Crippen molar-refractivity contribution < 1.29 is 13.9 Å². The number of ether oxygens (including phenoxy) is 1. The van der Waals surface area contributed by atoms with Gasteiger partial charge < -0.3 is 4.74 Å². The van der Waals surface area contributed by atoms with Gasteiger partial charge >= 0.3 is 5.97 Å². The average molecular weight is 178 g/mol. The van der Waals surface area contributed by atoms with Crippen molar-refractivity contribution in [3.05, 3.63) is 0 Å². The normalized spacial score (nSPS) is 31.5. The summed E-state index contributed by atoms with van der Waals surface area (Å²) < 4.78 is 17.4. The lowest BCUT2D eigenvalue weighted by Gasteiger charge is -2.22. The first kappa shape index (κ1) is 8.84. The highest BCUT2D eigenvalue weighted by Gasteiger charge is 2.31. The smallest absolute Gasteiger partial charge is 0.311 e. The molecule has 0 aromatic carbocycles. The van der Waals surface area contributed by atoms with Crippen molar-refractivity contribution in [2.24, 2.45) is 5.92 Å². The Hall–Kier alpha value is -0.250. The monoisotopic (exact) mass is 178 g/mol. The molecule has 1 aliphatic heterocycles. The van der Waals surface area contributed by atoms with E-state index in [-0.39, 0.29) is 0 Å². The van der Waals surface area contributed by atoms with Gasteiger partial charge in [0.2, 0.25) is 0 Å². The minimum atomic E-state index is -1.01. The third-order valence-corrected chi connectivity index (χ3v) is 2.87. The number of carbonyl (C=O) groups excluding carboxylic acids is 1. The van der Waals surface area contributed by atoms with Crippen LogP contribution in [0, 0.1) is 5.92 Å². The van der Waals surface area contributed by atoms with Gasteiger partial charge in [-0.25, -0.2) is 4.39 Å². The van der Waals surface area contributed by atoms with E-state index in [1.54, 1.807) is 11.8 Å². The lowest BCUT2D eigenvalue weighted by Crippen LogP contribution is -2.31. The van der Waals surface area contributed by atoms with Crippen molar-refractivity contribution in [1.29, 1.82) is 0 Å². The largest absolute Gasteiger partial charge is 0.469 e. The van der Waals surface area contributed by atoms with Crippen molar-refractivity contribution in [2.75, 3.05) is 18.6 Å². The molecule has 1 rings (SSSR count). The molecule has 1 saturated heterocycles. The molecule has 2 unspecified atom stereocenters. The second-order valence-electron chi connectivity index (χ2n) is 2.51. The van der Waals surface area contributed by atoms with Crippen molar-refractivity contribution in [1.82, 2.24) is 0 Å². The molecule has 2 nitrogen and oxygen atoms in total. The number of hydrogen-bond acceptors (Lipinski definition) is 3. The van der Waals surface area contributed by atoms with E-state index < -0.39 is 18.1 Å². The van der Waals surface area contributed by atoms with Gasteiger partial charge in [0.1, 0.15) is 6.17 Å². The molecule has 11 heavy (non-hydrogen) atoms. The summed E-state index contributed by atoms with van der Waals surface area (Å²) in [6, 6.07) is 0. The number of hydrogen-bond donors (Lipinski definition) is 0. The fourth-order valence-corrected chi connectivity index (χ4v) is 2.16. The van der Waals surface area contributed by atoms with Crippen LogP contribution in [-0.2, 0) is 9.53 Å². The van der Waals surface area contributed by atoms with Crippen molar-refractivity contribution in [3.63, 3.8) is 0 Å². The summed E-state index contributed by atoms with van der Waals surface area (Å²) >= 11 is 1.55. The molecule has 0 saturated carbocycles. The third kappa shape index (κ3) is 2.09. The second-order valence-corrected chi connectivity index (χ2v) is 3.66. The van der Waals surface area contributed by atoms with Crippen molar-refractivity contribution in [2.45, 2.75) is 12.6 Å². The molecular formula is C7H11FO2S. The Balaban J connectivity index is 2.47. The average Bonchev–Trinajstić information content (AvgIpc) is 2.04. The Morgan fingerprint density at radius 3 is 3.00 bits per heavy atom. The predicted molar refractivity (Wildman–Crippen MR) is 42.3 cm³/mol. The summed E-state index contributed by atoms with van der Waals surface area (Å²) in [7, 11) is 1.30. The van der Waals surface area contributed by atoms with Crippen molar-refractivity contribution >= 4 is 17.7 Å². The molecule has 0 aliphatic carbocycles.